The molecule has 1 N–H and O–H groups in total. The summed E-state index contributed by atoms with van der Waals surface area (Å²) in [6.07, 6.45) is 0. The van der Waals surface area contributed by atoms with E-state index in [9.17, 15) is 10.0 Å². The molecule has 0 spiro atoms. The molecule has 0 bridgehead atoms. The largest absolute Gasteiger partial charge is 0.410 e. The molecule has 0 unspecified atom stereocenters. The van der Waals surface area contributed by atoms with Crippen molar-refractivity contribution in [2.75, 3.05) is 0 Å². The number of fused-ring (bicyclic) bond motifs is 1. The highest BCUT2D eigenvalue weighted by Crippen LogP contribution is 2.23. The van der Waals surface area contributed by atoms with Gasteiger partial charge in [0.25, 0.3) is 0 Å². The molecule has 3 aromatic rings. The van der Waals surface area contributed by atoms with Gasteiger partial charge in [-0.1, -0.05) is 71.9 Å². The lowest BCUT2D eigenvalue weighted by atomic mass is 9.94. The smallest absolute Gasteiger partial charge is 0.215 e. The third-order valence-electron chi connectivity index (χ3n) is 3.75. The van der Waals surface area contributed by atoms with E-state index in [2.05, 4.69) is 5.16 Å². The van der Waals surface area contributed by atoms with Crippen molar-refractivity contribution >= 4 is 22.3 Å². The van der Waals surface area contributed by atoms with Crippen molar-refractivity contribution in [1.29, 1.82) is 0 Å². The number of hydrogen-bond acceptors (Lipinski definition) is 3. The second-order valence-electron chi connectivity index (χ2n) is 5.12. The van der Waals surface area contributed by atoms with E-state index in [1.807, 2.05) is 43.3 Å². The summed E-state index contributed by atoms with van der Waals surface area (Å²) in [7, 11) is 0. The van der Waals surface area contributed by atoms with Crippen LogP contribution in [0.15, 0.2) is 71.9 Å². The molecule has 0 aromatic heterocycles. The summed E-state index contributed by atoms with van der Waals surface area (Å²) in [5.41, 5.74) is 2.29. The number of rotatable bonds is 3. The Balaban J connectivity index is 2.15. The predicted octanol–water partition coefficient (Wildman–Crippen LogP) is 4.21. The van der Waals surface area contributed by atoms with Crippen LogP contribution in [0.5, 0.6) is 0 Å². The van der Waals surface area contributed by atoms with E-state index >= 15 is 0 Å². The monoisotopic (exact) mass is 289 g/mol. The molecule has 0 heterocycles. The summed E-state index contributed by atoms with van der Waals surface area (Å²) in [6.45, 7) is 2.01. The summed E-state index contributed by atoms with van der Waals surface area (Å²) in [4.78, 5) is 12.8. The van der Waals surface area contributed by atoms with Crippen LogP contribution < -0.4 is 0 Å². The minimum absolute atomic E-state index is 0.0506. The minimum Gasteiger partial charge on any atom is -0.410 e. The van der Waals surface area contributed by atoms with E-state index in [1.165, 1.54) is 0 Å². The van der Waals surface area contributed by atoms with E-state index in [0.29, 0.717) is 11.1 Å². The van der Waals surface area contributed by atoms with Crippen LogP contribution in [0.2, 0.25) is 0 Å². The summed E-state index contributed by atoms with van der Waals surface area (Å²) in [5, 5.41) is 14.4. The number of carbonyl (C=O) groups excluding carboxylic acids is 1. The topological polar surface area (TPSA) is 49.7 Å². The van der Waals surface area contributed by atoms with E-state index in [0.717, 1.165) is 16.3 Å². The minimum atomic E-state index is -0.287. The van der Waals surface area contributed by atoms with Crippen molar-refractivity contribution < 1.29 is 10.0 Å². The number of Topliss-reactive ketones (excluding diaryl/α,β-unsaturated/α-hetero) is 1. The van der Waals surface area contributed by atoms with Crippen molar-refractivity contribution in [2.45, 2.75) is 6.92 Å². The predicted molar refractivity (Wildman–Crippen MR) is 87.8 cm³/mol. The maximum absolute atomic E-state index is 12.8. The molecule has 3 heteroatoms. The third kappa shape index (κ3) is 2.37. The zero-order valence-electron chi connectivity index (χ0n) is 12.2. The molecule has 0 fully saturated rings. The van der Waals surface area contributed by atoms with E-state index in [4.69, 9.17) is 0 Å². The molecule has 0 radical (unpaired) electrons. The molecule has 0 aliphatic carbocycles. The summed E-state index contributed by atoms with van der Waals surface area (Å²) < 4.78 is 0. The molecule has 0 saturated heterocycles. The molecule has 22 heavy (non-hydrogen) atoms. The Morgan fingerprint density at radius 1 is 0.864 bits per heavy atom. The Hall–Kier alpha value is -2.94. The van der Waals surface area contributed by atoms with Gasteiger partial charge < -0.3 is 5.21 Å². The lowest BCUT2D eigenvalue weighted by molar-refractivity contribution is 0.106. The second kappa shape index (κ2) is 5.82. The van der Waals surface area contributed by atoms with Crippen LogP contribution in [0.25, 0.3) is 10.8 Å². The number of nitrogens with zero attached hydrogens (tertiary/aromatic N) is 1. The van der Waals surface area contributed by atoms with Gasteiger partial charge in [-0.25, -0.2) is 0 Å². The van der Waals surface area contributed by atoms with Gasteiger partial charge in [0.15, 0.2) is 5.71 Å². The van der Waals surface area contributed by atoms with Crippen molar-refractivity contribution in [2.24, 2.45) is 5.16 Å². The van der Waals surface area contributed by atoms with Gasteiger partial charge in [-0.2, -0.15) is 0 Å². The van der Waals surface area contributed by atoms with Crippen LogP contribution in [0.1, 0.15) is 21.5 Å². The van der Waals surface area contributed by atoms with Crippen molar-refractivity contribution in [3.8, 4) is 0 Å². The molecule has 3 aromatic carbocycles. The third-order valence-corrected chi connectivity index (χ3v) is 3.75. The number of benzene rings is 3. The molecule has 0 amide bonds. The van der Waals surface area contributed by atoms with Crippen LogP contribution >= 0.6 is 0 Å². The standard InChI is InChI=1S/C19H15NO2/c1-13-11-12-17(16-10-6-5-9-15(13)16)19(21)18(20-22)14-7-3-2-4-8-14/h2-12,22H,1H3/b20-18+. The number of hydrogen-bond donors (Lipinski definition) is 1. The molecular formula is C19H15NO2. The average Bonchev–Trinajstić information content (AvgIpc) is 2.57. The van der Waals surface area contributed by atoms with E-state index < -0.39 is 0 Å². The van der Waals surface area contributed by atoms with Gasteiger partial charge >= 0.3 is 0 Å². The molecule has 0 atom stereocenters. The number of oxime groups is 1. The van der Waals surface area contributed by atoms with Crippen LogP contribution in [0.3, 0.4) is 0 Å². The van der Waals surface area contributed by atoms with Crippen molar-refractivity contribution in [1.82, 2.24) is 0 Å². The van der Waals surface area contributed by atoms with Gasteiger partial charge in [-0.05, 0) is 23.3 Å². The van der Waals surface area contributed by atoms with Gasteiger partial charge in [-0.3, -0.25) is 4.79 Å². The molecular weight excluding hydrogens is 274 g/mol. The second-order valence-corrected chi connectivity index (χ2v) is 5.12. The van der Waals surface area contributed by atoms with Crippen LogP contribution in [-0.2, 0) is 0 Å². The zero-order valence-corrected chi connectivity index (χ0v) is 12.2. The maximum atomic E-state index is 12.8. The first-order valence-corrected chi connectivity index (χ1v) is 7.03. The van der Waals surface area contributed by atoms with Crippen LogP contribution in [-0.4, -0.2) is 16.7 Å². The van der Waals surface area contributed by atoms with Crippen LogP contribution in [0, 0.1) is 6.92 Å². The Labute approximate surface area is 128 Å². The Kier molecular flexibility index (Phi) is 3.71. The first-order chi connectivity index (χ1) is 10.7. The highest BCUT2D eigenvalue weighted by atomic mass is 16.4. The van der Waals surface area contributed by atoms with E-state index in [1.54, 1.807) is 30.3 Å². The highest BCUT2D eigenvalue weighted by Gasteiger charge is 2.19. The zero-order chi connectivity index (χ0) is 15.5. The summed E-state index contributed by atoms with van der Waals surface area (Å²) >= 11 is 0. The van der Waals surface area contributed by atoms with Gasteiger partial charge in [0.2, 0.25) is 5.78 Å². The SMILES string of the molecule is Cc1ccc(C(=O)/C(=N/O)c2ccccc2)c2ccccc12. The summed E-state index contributed by atoms with van der Waals surface area (Å²) in [6, 6.07) is 20.4. The fraction of sp³-hybridized carbons (Fsp3) is 0.0526. The maximum Gasteiger partial charge on any atom is 0.215 e. The number of aryl methyl sites for hydroxylation is 1. The van der Waals surface area contributed by atoms with Gasteiger partial charge in [0.05, 0.1) is 0 Å². The molecule has 3 rings (SSSR count). The normalized spacial score (nSPS) is 11.6. The average molecular weight is 289 g/mol. The molecule has 3 nitrogen and oxygen atoms in total. The highest BCUT2D eigenvalue weighted by molar-refractivity contribution is 6.52. The van der Waals surface area contributed by atoms with E-state index in [-0.39, 0.29) is 11.5 Å². The number of carbonyl (C=O) groups is 1. The molecule has 0 aliphatic rings. The Bertz CT molecular complexity index is 867. The van der Waals surface area contributed by atoms with Crippen molar-refractivity contribution in [3.63, 3.8) is 0 Å². The summed E-state index contributed by atoms with van der Waals surface area (Å²) in [5.74, 6) is -0.287. The fourth-order valence-corrected chi connectivity index (χ4v) is 2.61. The van der Waals surface area contributed by atoms with Crippen molar-refractivity contribution in [3.05, 3.63) is 83.4 Å². The molecule has 0 aliphatic heterocycles. The van der Waals surface area contributed by atoms with Gasteiger partial charge in [0, 0.05) is 11.1 Å². The first kappa shape index (κ1) is 14.0. The fourth-order valence-electron chi connectivity index (χ4n) is 2.61. The Morgan fingerprint density at radius 2 is 1.50 bits per heavy atom. The van der Waals surface area contributed by atoms with Gasteiger partial charge in [-0.15, -0.1) is 0 Å². The first-order valence-electron chi connectivity index (χ1n) is 7.03. The quantitative estimate of drug-likeness (QED) is 0.340. The lowest BCUT2D eigenvalue weighted by Gasteiger charge is -2.09. The van der Waals surface area contributed by atoms with Gasteiger partial charge in [0.1, 0.15) is 0 Å². The molecule has 108 valence electrons. The number of ketones is 1. The van der Waals surface area contributed by atoms with Crippen LogP contribution in [0.4, 0.5) is 0 Å². The molecule has 0 saturated carbocycles. The lowest BCUT2D eigenvalue weighted by Crippen LogP contribution is -2.16. The Morgan fingerprint density at radius 3 is 2.18 bits per heavy atom.